The van der Waals surface area contributed by atoms with E-state index in [0.717, 1.165) is 25.5 Å². The summed E-state index contributed by atoms with van der Waals surface area (Å²) in [6.07, 6.45) is 4.10. The highest BCUT2D eigenvalue weighted by molar-refractivity contribution is 7.88. The lowest BCUT2D eigenvalue weighted by Gasteiger charge is -2.42. The number of likely N-dealkylation sites (tertiary alicyclic amines) is 1. The number of piperidine rings is 1. The second kappa shape index (κ2) is 8.80. The highest BCUT2D eigenvalue weighted by Crippen LogP contribution is 2.39. The Labute approximate surface area is 167 Å². The SMILES string of the molecule is COC(=O)N1CCC[C@H](NS(C)(=O)=O)[C@@H]1CO[C@H]1C[C@@H](c2ccc(C)cc2)C1. The Kier molecular flexibility index (Phi) is 6.62. The van der Waals surface area contributed by atoms with Crippen LogP contribution in [0.3, 0.4) is 0 Å². The Hall–Kier alpha value is -1.64. The molecular weight excluding hydrogens is 380 g/mol. The molecule has 1 amide bonds. The molecule has 3 rings (SSSR count). The van der Waals surface area contributed by atoms with Gasteiger partial charge in [-0.2, -0.15) is 0 Å². The Morgan fingerprint density at radius 2 is 1.93 bits per heavy atom. The van der Waals surface area contributed by atoms with Crippen LogP contribution in [0.4, 0.5) is 4.79 Å². The van der Waals surface area contributed by atoms with Crippen molar-refractivity contribution in [2.75, 3.05) is 26.5 Å². The molecule has 1 aliphatic carbocycles. The van der Waals surface area contributed by atoms with Gasteiger partial charge in [0.05, 0.1) is 32.1 Å². The maximum absolute atomic E-state index is 12.2. The van der Waals surface area contributed by atoms with Gasteiger partial charge in [-0.1, -0.05) is 29.8 Å². The fraction of sp³-hybridized carbons (Fsp3) is 0.650. The van der Waals surface area contributed by atoms with E-state index in [2.05, 4.69) is 35.9 Å². The van der Waals surface area contributed by atoms with Gasteiger partial charge in [-0.05, 0) is 44.1 Å². The predicted octanol–water partition coefficient (Wildman–Crippen LogP) is 2.41. The molecule has 156 valence electrons. The predicted molar refractivity (Wildman–Crippen MR) is 107 cm³/mol. The van der Waals surface area contributed by atoms with Crippen LogP contribution in [-0.4, -0.2) is 64.1 Å². The van der Waals surface area contributed by atoms with Crippen molar-refractivity contribution in [1.82, 2.24) is 9.62 Å². The zero-order valence-corrected chi connectivity index (χ0v) is 17.6. The second-order valence-electron chi connectivity index (χ2n) is 7.90. The fourth-order valence-electron chi connectivity index (χ4n) is 4.07. The van der Waals surface area contributed by atoms with Crippen molar-refractivity contribution in [1.29, 1.82) is 0 Å². The lowest BCUT2D eigenvalue weighted by atomic mass is 9.77. The molecule has 2 fully saturated rings. The summed E-state index contributed by atoms with van der Waals surface area (Å²) >= 11 is 0. The zero-order valence-electron chi connectivity index (χ0n) is 16.8. The van der Waals surface area contributed by atoms with E-state index in [9.17, 15) is 13.2 Å². The summed E-state index contributed by atoms with van der Waals surface area (Å²) in [5.41, 5.74) is 2.58. The first-order valence-corrected chi connectivity index (χ1v) is 11.7. The molecule has 1 aliphatic heterocycles. The summed E-state index contributed by atoms with van der Waals surface area (Å²) in [5.74, 6) is 0.499. The number of sulfonamides is 1. The van der Waals surface area contributed by atoms with E-state index in [4.69, 9.17) is 9.47 Å². The largest absolute Gasteiger partial charge is 0.453 e. The van der Waals surface area contributed by atoms with Crippen LogP contribution in [-0.2, 0) is 19.5 Å². The van der Waals surface area contributed by atoms with Gasteiger partial charge in [0.15, 0.2) is 0 Å². The molecule has 0 unspecified atom stereocenters. The second-order valence-corrected chi connectivity index (χ2v) is 9.68. The number of amides is 1. The third kappa shape index (κ3) is 5.24. The Morgan fingerprint density at radius 1 is 1.25 bits per heavy atom. The lowest BCUT2D eigenvalue weighted by Crippen LogP contribution is -2.59. The number of hydrogen-bond donors (Lipinski definition) is 1. The van der Waals surface area contributed by atoms with Crippen molar-refractivity contribution in [3.8, 4) is 0 Å². The standard InChI is InChI=1S/C20H30N2O5S/c1-14-6-8-15(9-7-14)16-11-17(12-16)27-13-19-18(21-28(3,24)25)5-4-10-22(19)20(23)26-2/h6-9,16-19,21H,4-5,10-13H2,1-3H3/t16-,17+,18-,19-/m0/s1. The monoisotopic (exact) mass is 410 g/mol. The van der Waals surface area contributed by atoms with Crippen LogP contribution in [0, 0.1) is 6.92 Å². The van der Waals surface area contributed by atoms with Crippen LogP contribution in [0.5, 0.6) is 0 Å². The van der Waals surface area contributed by atoms with E-state index in [-0.39, 0.29) is 18.2 Å². The quantitative estimate of drug-likeness (QED) is 0.778. The number of ether oxygens (including phenoxy) is 2. The number of methoxy groups -OCH3 is 1. The molecule has 1 saturated heterocycles. The van der Waals surface area contributed by atoms with Crippen LogP contribution < -0.4 is 4.72 Å². The third-order valence-electron chi connectivity index (χ3n) is 5.70. The molecule has 0 spiro atoms. The molecular formula is C20H30N2O5S. The topological polar surface area (TPSA) is 84.9 Å². The number of carbonyl (C=O) groups excluding carboxylic acids is 1. The van der Waals surface area contributed by atoms with Crippen LogP contribution in [0.2, 0.25) is 0 Å². The first-order valence-electron chi connectivity index (χ1n) is 9.77. The van der Waals surface area contributed by atoms with E-state index < -0.39 is 16.1 Å². The van der Waals surface area contributed by atoms with E-state index in [0.29, 0.717) is 25.5 Å². The van der Waals surface area contributed by atoms with E-state index in [1.54, 1.807) is 4.90 Å². The van der Waals surface area contributed by atoms with Gasteiger partial charge in [0, 0.05) is 12.6 Å². The number of nitrogens with one attached hydrogen (secondary N) is 1. The molecule has 1 heterocycles. The van der Waals surface area contributed by atoms with E-state index in [1.165, 1.54) is 18.2 Å². The van der Waals surface area contributed by atoms with Crippen molar-refractivity contribution in [2.45, 2.75) is 56.7 Å². The smallest absolute Gasteiger partial charge is 0.409 e. The van der Waals surface area contributed by atoms with Gasteiger partial charge >= 0.3 is 6.09 Å². The molecule has 2 aliphatic rings. The van der Waals surface area contributed by atoms with Gasteiger partial charge < -0.3 is 14.4 Å². The minimum atomic E-state index is -3.38. The first kappa shape index (κ1) is 21.1. The molecule has 0 aromatic heterocycles. The van der Waals surface area contributed by atoms with Crippen molar-refractivity contribution in [3.05, 3.63) is 35.4 Å². The van der Waals surface area contributed by atoms with Gasteiger partial charge in [0.2, 0.25) is 10.0 Å². The molecule has 1 saturated carbocycles. The number of rotatable bonds is 6. The van der Waals surface area contributed by atoms with Crippen molar-refractivity contribution in [3.63, 3.8) is 0 Å². The van der Waals surface area contributed by atoms with E-state index >= 15 is 0 Å². The van der Waals surface area contributed by atoms with Gasteiger partial charge in [-0.15, -0.1) is 0 Å². The molecule has 8 heteroatoms. The Bertz CT molecular complexity index is 774. The van der Waals surface area contributed by atoms with Gasteiger partial charge in [-0.25, -0.2) is 17.9 Å². The summed E-state index contributed by atoms with van der Waals surface area (Å²) in [6, 6.07) is 7.86. The average molecular weight is 411 g/mol. The van der Waals surface area contributed by atoms with E-state index in [1.807, 2.05) is 0 Å². The summed E-state index contributed by atoms with van der Waals surface area (Å²) in [6.45, 7) is 2.92. The summed E-state index contributed by atoms with van der Waals surface area (Å²) < 4.78 is 37.1. The van der Waals surface area contributed by atoms with Gasteiger partial charge in [-0.3, -0.25) is 0 Å². The molecule has 0 bridgehead atoms. The zero-order chi connectivity index (χ0) is 20.3. The summed E-state index contributed by atoms with van der Waals surface area (Å²) in [5, 5.41) is 0. The third-order valence-corrected chi connectivity index (χ3v) is 6.43. The average Bonchev–Trinajstić information content (AvgIpc) is 2.60. The van der Waals surface area contributed by atoms with Crippen LogP contribution >= 0.6 is 0 Å². The number of carbonyl (C=O) groups is 1. The Morgan fingerprint density at radius 3 is 2.54 bits per heavy atom. The molecule has 28 heavy (non-hydrogen) atoms. The lowest BCUT2D eigenvalue weighted by molar-refractivity contribution is -0.0471. The molecule has 1 aromatic rings. The molecule has 1 aromatic carbocycles. The van der Waals surface area contributed by atoms with Crippen LogP contribution in [0.15, 0.2) is 24.3 Å². The van der Waals surface area contributed by atoms with Crippen LogP contribution in [0.25, 0.3) is 0 Å². The van der Waals surface area contributed by atoms with Gasteiger partial charge in [0.25, 0.3) is 0 Å². The highest BCUT2D eigenvalue weighted by atomic mass is 32.2. The summed E-state index contributed by atoms with van der Waals surface area (Å²) in [7, 11) is -2.04. The summed E-state index contributed by atoms with van der Waals surface area (Å²) in [4.78, 5) is 13.7. The highest BCUT2D eigenvalue weighted by Gasteiger charge is 2.38. The number of benzene rings is 1. The number of nitrogens with zero attached hydrogens (tertiary/aromatic N) is 1. The normalized spacial score (nSPS) is 27.9. The Balaban J connectivity index is 1.58. The maximum atomic E-state index is 12.2. The minimum Gasteiger partial charge on any atom is -0.453 e. The first-order chi connectivity index (χ1) is 13.3. The number of hydrogen-bond acceptors (Lipinski definition) is 5. The van der Waals surface area contributed by atoms with Gasteiger partial charge in [0.1, 0.15) is 0 Å². The fourth-order valence-corrected chi connectivity index (χ4v) is 4.89. The molecule has 0 radical (unpaired) electrons. The number of aryl methyl sites for hydroxylation is 1. The van der Waals surface area contributed by atoms with Crippen LogP contribution in [0.1, 0.15) is 42.7 Å². The maximum Gasteiger partial charge on any atom is 0.409 e. The van der Waals surface area contributed by atoms with Crippen molar-refractivity contribution >= 4 is 16.1 Å². The molecule has 1 N–H and O–H groups in total. The van der Waals surface area contributed by atoms with Crippen molar-refractivity contribution < 1.29 is 22.7 Å². The molecule has 7 nitrogen and oxygen atoms in total. The van der Waals surface area contributed by atoms with Crippen molar-refractivity contribution in [2.24, 2.45) is 0 Å². The molecule has 2 atom stereocenters. The minimum absolute atomic E-state index is 0.131.